The summed E-state index contributed by atoms with van der Waals surface area (Å²) in [6.45, 7) is 0.675. The van der Waals surface area contributed by atoms with E-state index in [-0.39, 0.29) is 5.41 Å². The quantitative estimate of drug-likeness (QED) is 0.842. The minimum atomic E-state index is 0.0989. The first-order valence-corrected chi connectivity index (χ1v) is 6.09. The number of benzene rings is 1. The maximum absolute atomic E-state index is 6.24. The van der Waals surface area contributed by atoms with Gasteiger partial charge in [0.2, 0.25) is 0 Å². The first kappa shape index (κ1) is 11.3. The van der Waals surface area contributed by atoms with Gasteiger partial charge in [-0.1, -0.05) is 42.1 Å². The number of rotatable bonds is 2. The van der Waals surface area contributed by atoms with Crippen LogP contribution in [0.3, 0.4) is 0 Å². The first-order valence-electron chi connectivity index (χ1n) is 5.33. The third-order valence-electron chi connectivity index (χ3n) is 3.45. The molecule has 3 heteroatoms. The van der Waals surface area contributed by atoms with Crippen molar-refractivity contribution < 1.29 is 0 Å². The van der Waals surface area contributed by atoms with E-state index in [1.807, 2.05) is 18.2 Å². The highest BCUT2D eigenvalue weighted by Crippen LogP contribution is 2.43. The molecule has 0 atom stereocenters. The molecular weight excluding hydrogens is 229 g/mol. The molecule has 1 nitrogen and oxygen atoms in total. The van der Waals surface area contributed by atoms with Crippen molar-refractivity contribution in [3.63, 3.8) is 0 Å². The summed E-state index contributed by atoms with van der Waals surface area (Å²) in [6.07, 6.45) is 4.78. The molecule has 82 valence electrons. The fourth-order valence-electron chi connectivity index (χ4n) is 2.55. The van der Waals surface area contributed by atoms with Gasteiger partial charge in [-0.25, -0.2) is 0 Å². The standard InChI is InChI=1S/C12H15Cl2N/c13-9-3-4-10(11(14)7-9)12(8-15)5-1-2-6-12/h3-4,7H,1-2,5-6,8,15H2. The lowest BCUT2D eigenvalue weighted by Gasteiger charge is -2.28. The Morgan fingerprint density at radius 1 is 1.20 bits per heavy atom. The van der Waals surface area contributed by atoms with Crippen LogP contribution in [0.5, 0.6) is 0 Å². The highest BCUT2D eigenvalue weighted by molar-refractivity contribution is 6.35. The molecule has 0 heterocycles. The van der Waals surface area contributed by atoms with Crippen LogP contribution in [0.15, 0.2) is 18.2 Å². The Hall–Kier alpha value is -0.240. The fraction of sp³-hybridized carbons (Fsp3) is 0.500. The maximum Gasteiger partial charge on any atom is 0.0458 e. The van der Waals surface area contributed by atoms with E-state index < -0.39 is 0 Å². The summed E-state index contributed by atoms with van der Waals surface area (Å²) in [6, 6.07) is 5.75. The highest BCUT2D eigenvalue weighted by Gasteiger charge is 2.35. The molecule has 2 N–H and O–H groups in total. The average Bonchev–Trinajstić information content (AvgIpc) is 2.67. The summed E-state index contributed by atoms with van der Waals surface area (Å²) in [5.41, 5.74) is 7.19. The molecule has 1 aliphatic rings. The van der Waals surface area contributed by atoms with Crippen molar-refractivity contribution in [2.24, 2.45) is 5.73 Å². The zero-order valence-electron chi connectivity index (χ0n) is 8.60. The Labute approximate surface area is 101 Å². The third-order valence-corrected chi connectivity index (χ3v) is 4.00. The monoisotopic (exact) mass is 243 g/mol. The largest absolute Gasteiger partial charge is 0.330 e. The summed E-state index contributed by atoms with van der Waals surface area (Å²) < 4.78 is 0. The molecule has 1 fully saturated rings. The van der Waals surface area contributed by atoms with E-state index >= 15 is 0 Å². The molecule has 0 saturated heterocycles. The SMILES string of the molecule is NCC1(c2ccc(Cl)cc2Cl)CCCC1. The second kappa shape index (κ2) is 4.32. The van der Waals surface area contributed by atoms with E-state index in [1.54, 1.807) is 0 Å². The molecule has 1 aliphatic carbocycles. The molecule has 0 aromatic heterocycles. The predicted octanol–water partition coefficient (Wildman–Crippen LogP) is 3.76. The van der Waals surface area contributed by atoms with E-state index in [2.05, 4.69) is 0 Å². The average molecular weight is 244 g/mol. The minimum absolute atomic E-state index is 0.0989. The van der Waals surface area contributed by atoms with Crippen LogP contribution in [0.4, 0.5) is 0 Å². The molecule has 0 amide bonds. The van der Waals surface area contributed by atoms with Gasteiger partial charge in [-0.3, -0.25) is 0 Å². The minimum Gasteiger partial charge on any atom is -0.330 e. The summed E-state index contributed by atoms with van der Waals surface area (Å²) in [5.74, 6) is 0. The number of nitrogens with two attached hydrogens (primary N) is 1. The van der Waals surface area contributed by atoms with Crippen LogP contribution in [0.2, 0.25) is 10.0 Å². The van der Waals surface area contributed by atoms with Gasteiger partial charge < -0.3 is 5.73 Å². The molecular formula is C12H15Cl2N. The van der Waals surface area contributed by atoms with Gasteiger partial charge in [-0.15, -0.1) is 0 Å². The maximum atomic E-state index is 6.24. The van der Waals surface area contributed by atoms with Crippen LogP contribution in [0.25, 0.3) is 0 Å². The van der Waals surface area contributed by atoms with Gasteiger partial charge >= 0.3 is 0 Å². The molecule has 1 saturated carbocycles. The summed E-state index contributed by atoms with van der Waals surface area (Å²) in [4.78, 5) is 0. The van der Waals surface area contributed by atoms with Gasteiger partial charge in [0.1, 0.15) is 0 Å². The van der Waals surface area contributed by atoms with Gasteiger partial charge in [0.25, 0.3) is 0 Å². The molecule has 0 unspecified atom stereocenters. The Balaban J connectivity index is 2.42. The molecule has 0 spiro atoms. The van der Waals surface area contributed by atoms with Gasteiger partial charge in [0.05, 0.1) is 0 Å². The van der Waals surface area contributed by atoms with Crippen molar-refractivity contribution in [3.05, 3.63) is 33.8 Å². The molecule has 15 heavy (non-hydrogen) atoms. The number of hydrogen-bond acceptors (Lipinski definition) is 1. The van der Waals surface area contributed by atoms with Gasteiger partial charge in [-0.05, 0) is 30.5 Å². The molecule has 0 bridgehead atoms. The van der Waals surface area contributed by atoms with Crippen molar-refractivity contribution in [2.45, 2.75) is 31.1 Å². The normalized spacial score (nSPS) is 19.4. The third kappa shape index (κ3) is 2.01. The second-order valence-electron chi connectivity index (χ2n) is 4.32. The zero-order valence-corrected chi connectivity index (χ0v) is 10.1. The van der Waals surface area contributed by atoms with Crippen molar-refractivity contribution in [3.8, 4) is 0 Å². The number of halogens is 2. The lowest BCUT2D eigenvalue weighted by atomic mass is 9.79. The van der Waals surface area contributed by atoms with Crippen LogP contribution >= 0.6 is 23.2 Å². The van der Waals surface area contributed by atoms with Crippen molar-refractivity contribution in [2.75, 3.05) is 6.54 Å². The molecule has 1 aromatic rings. The van der Waals surface area contributed by atoms with Gasteiger partial charge in [0.15, 0.2) is 0 Å². The summed E-state index contributed by atoms with van der Waals surface area (Å²) >= 11 is 12.1. The lowest BCUT2D eigenvalue weighted by Crippen LogP contribution is -2.32. The Kier molecular flexibility index (Phi) is 3.24. The van der Waals surface area contributed by atoms with Gasteiger partial charge in [-0.2, -0.15) is 0 Å². The van der Waals surface area contributed by atoms with Crippen LogP contribution in [0.1, 0.15) is 31.2 Å². The first-order chi connectivity index (χ1) is 7.18. The Morgan fingerprint density at radius 2 is 1.87 bits per heavy atom. The van der Waals surface area contributed by atoms with Crippen LogP contribution in [-0.4, -0.2) is 6.54 Å². The highest BCUT2D eigenvalue weighted by atomic mass is 35.5. The van der Waals surface area contributed by atoms with E-state index in [0.29, 0.717) is 11.6 Å². The molecule has 1 aromatic carbocycles. The van der Waals surface area contributed by atoms with E-state index in [9.17, 15) is 0 Å². The topological polar surface area (TPSA) is 26.0 Å². The van der Waals surface area contributed by atoms with E-state index in [4.69, 9.17) is 28.9 Å². The predicted molar refractivity (Wildman–Crippen MR) is 65.7 cm³/mol. The van der Waals surface area contributed by atoms with E-state index in [1.165, 1.54) is 18.4 Å². The van der Waals surface area contributed by atoms with Crippen molar-refractivity contribution in [1.29, 1.82) is 0 Å². The molecule has 0 radical (unpaired) electrons. The Bertz CT molecular complexity index is 357. The van der Waals surface area contributed by atoms with Gasteiger partial charge in [0, 0.05) is 22.0 Å². The Morgan fingerprint density at radius 3 is 2.40 bits per heavy atom. The van der Waals surface area contributed by atoms with Crippen LogP contribution < -0.4 is 5.73 Å². The fourth-order valence-corrected chi connectivity index (χ4v) is 3.16. The van der Waals surface area contributed by atoms with Crippen LogP contribution in [-0.2, 0) is 5.41 Å². The zero-order chi connectivity index (χ0) is 10.9. The van der Waals surface area contributed by atoms with Crippen molar-refractivity contribution in [1.82, 2.24) is 0 Å². The van der Waals surface area contributed by atoms with E-state index in [0.717, 1.165) is 17.9 Å². The van der Waals surface area contributed by atoms with Crippen LogP contribution in [0, 0.1) is 0 Å². The molecule has 2 rings (SSSR count). The smallest absolute Gasteiger partial charge is 0.0458 e. The summed E-state index contributed by atoms with van der Waals surface area (Å²) in [7, 11) is 0. The molecule has 0 aliphatic heterocycles. The second-order valence-corrected chi connectivity index (χ2v) is 5.16. The summed E-state index contributed by atoms with van der Waals surface area (Å²) in [5, 5.41) is 1.45. The lowest BCUT2D eigenvalue weighted by molar-refractivity contribution is 0.453. The number of hydrogen-bond donors (Lipinski definition) is 1. The van der Waals surface area contributed by atoms with Crippen molar-refractivity contribution >= 4 is 23.2 Å².